The van der Waals surface area contributed by atoms with Crippen LogP contribution in [0, 0.1) is 5.82 Å². The number of nitrogens with zero attached hydrogens (tertiary/aromatic N) is 8. The van der Waals surface area contributed by atoms with Crippen molar-refractivity contribution in [1.82, 2.24) is 34.3 Å². The maximum absolute atomic E-state index is 14.3. The molecule has 5 amide bonds. The molecule has 2 atom stereocenters. The molecule has 26 heteroatoms. The topological polar surface area (TPSA) is 150 Å². The SMILES string of the molecule is CN(Cc1ccc(C(=O)N(C)CCCN(C)C(=O)CO[C@H]2Cc3ccccc3C23CCN(CC[C@@]2(c4ccc(F)cc4)CN(C(=O)c4cc(C(F)(F)F)cc(C(F)(F)F)c4)CO2)CC3)cc1)Cc1ccc(C(=O)N(C)CCN2CCC(N(C(=O)O)c3ccccc3-c3ccccc3)CC2)cc1.Cl.Cl.Cl. The van der Waals surface area contributed by atoms with E-state index in [4.69, 9.17) is 9.47 Å². The highest BCUT2D eigenvalue weighted by Crippen LogP contribution is 2.49. The Kier molecular flexibility index (Phi) is 27.7. The Morgan fingerprint density at radius 3 is 1.73 bits per heavy atom. The van der Waals surface area contributed by atoms with Crippen LogP contribution in [0.15, 0.2) is 170 Å². The lowest BCUT2D eigenvalue weighted by Gasteiger charge is -2.44. The Bertz CT molecular complexity index is 4020. The first-order chi connectivity index (χ1) is 48.3. The number of alkyl halides is 6. The van der Waals surface area contributed by atoms with Gasteiger partial charge in [-0.2, -0.15) is 26.3 Å². The number of hydrogen-bond acceptors (Lipinski definition) is 10. The summed E-state index contributed by atoms with van der Waals surface area (Å²) in [5, 5.41) is 10.4. The quantitative estimate of drug-likeness (QED) is 0.0576. The molecular weight excluding hydrogens is 1420 g/mol. The van der Waals surface area contributed by atoms with Crippen LogP contribution < -0.4 is 4.90 Å². The number of carboxylic acid groups (broad SMARTS) is 1. The maximum Gasteiger partial charge on any atom is 0.416 e. The largest absolute Gasteiger partial charge is 0.465 e. The Balaban J connectivity index is 0.00000456. The predicted octanol–water partition coefficient (Wildman–Crippen LogP) is 14.5. The molecule has 1 N–H and O–H groups in total. The summed E-state index contributed by atoms with van der Waals surface area (Å²) in [5.41, 5.74) is 2.82. The van der Waals surface area contributed by atoms with Gasteiger partial charge in [0, 0.05) is 114 Å². The zero-order valence-corrected chi connectivity index (χ0v) is 60.9. The third-order valence-electron chi connectivity index (χ3n) is 20.5. The summed E-state index contributed by atoms with van der Waals surface area (Å²) in [4.78, 5) is 81.6. The van der Waals surface area contributed by atoms with Crippen molar-refractivity contribution in [3.05, 3.63) is 231 Å². The number of fused-ring (bicyclic) bond motifs is 2. The molecule has 0 aromatic heterocycles. The number of likely N-dealkylation sites (tertiary alicyclic amines) is 2. The van der Waals surface area contributed by atoms with Gasteiger partial charge >= 0.3 is 18.4 Å². The van der Waals surface area contributed by atoms with Crippen molar-refractivity contribution in [2.75, 3.05) is 112 Å². The standard InChI is InChI=1S/C78H85F7N8O8.3ClH/c1-86(50-55-21-25-58(26-22-55)72(96)89(4)43-44-90-38-31-65(32-39-90)93(74(98)99)68-18-11-9-16-66(68)56-13-6-5-7-14-56)49-54-19-23-57(24-20-54)71(95)88(3)37-12-36-87(2)70(94)51-100-69-47-59-15-8-10-17-67(59)75(69)33-40-91(41-34-75)42-35-76(61-27-29-64(79)30-28-61)52-92(53-101-76)73(97)60-45-62(77(80,81)82)48-63(46-60)78(83,84)85;;;/h5-11,13-30,45-46,48,65,69H,12,31-44,47,49-53H2,1-4H3,(H,98,99);3*1H/t69-,76-;;;/m0.../s1. The molecule has 4 aliphatic rings. The molecular formula is C78H88Cl3F7N8O8. The molecule has 3 fully saturated rings. The first-order valence-corrected chi connectivity index (χ1v) is 34.2. The number of hydrogen-bond donors (Lipinski definition) is 1. The Hall–Kier alpha value is -8.13. The van der Waals surface area contributed by atoms with Crippen molar-refractivity contribution >= 4 is 72.6 Å². The first kappa shape index (κ1) is 81.5. The fraction of sp³-hybridized carbons (Fsp3) is 0.397. The summed E-state index contributed by atoms with van der Waals surface area (Å²) in [7, 11) is 7.28. The molecule has 1 spiro atoms. The number of piperidine rings is 2. The lowest BCUT2D eigenvalue weighted by atomic mass is 9.72. The summed E-state index contributed by atoms with van der Waals surface area (Å²) in [6.07, 6.45) is -7.50. The van der Waals surface area contributed by atoms with Crippen molar-refractivity contribution in [3.8, 4) is 11.1 Å². The minimum absolute atomic E-state index is 0. The Labute approximate surface area is 620 Å². The molecule has 0 saturated carbocycles. The van der Waals surface area contributed by atoms with Gasteiger partial charge in [0.15, 0.2) is 0 Å². The second-order valence-electron chi connectivity index (χ2n) is 27.3. The van der Waals surface area contributed by atoms with Crippen molar-refractivity contribution in [1.29, 1.82) is 0 Å². The van der Waals surface area contributed by atoms with Gasteiger partial charge in [-0.1, -0.05) is 109 Å². The van der Waals surface area contributed by atoms with E-state index in [-0.39, 0.29) is 92.7 Å². The number of halogens is 10. The monoisotopic (exact) mass is 1500 g/mol. The Morgan fingerprint density at radius 2 is 1.14 bits per heavy atom. The van der Waals surface area contributed by atoms with Crippen molar-refractivity contribution in [2.24, 2.45) is 0 Å². The van der Waals surface area contributed by atoms with E-state index < -0.39 is 64.6 Å². The van der Waals surface area contributed by atoms with E-state index in [0.29, 0.717) is 132 Å². The van der Waals surface area contributed by atoms with Crippen LogP contribution in [0.5, 0.6) is 0 Å². The van der Waals surface area contributed by atoms with Crippen LogP contribution in [0.3, 0.4) is 0 Å². The average Bonchev–Trinajstić information content (AvgIpc) is 1.58. The lowest BCUT2D eigenvalue weighted by molar-refractivity contribution is -0.143. The van der Waals surface area contributed by atoms with Gasteiger partial charge in [-0.3, -0.25) is 29.0 Å². The first-order valence-electron chi connectivity index (χ1n) is 34.2. The summed E-state index contributed by atoms with van der Waals surface area (Å²) in [6.45, 7) is 5.51. The smallest absolute Gasteiger partial charge is 0.416 e. The van der Waals surface area contributed by atoms with E-state index in [1.54, 1.807) is 35.8 Å². The molecule has 0 unspecified atom stereocenters. The van der Waals surface area contributed by atoms with Crippen molar-refractivity contribution < 1.29 is 69.3 Å². The van der Waals surface area contributed by atoms with E-state index in [9.17, 15) is 59.8 Å². The van der Waals surface area contributed by atoms with Gasteiger partial charge in [-0.05, 0) is 159 Å². The third-order valence-corrected chi connectivity index (χ3v) is 20.5. The zero-order valence-electron chi connectivity index (χ0n) is 58.4. The van der Waals surface area contributed by atoms with Crippen LogP contribution in [0.2, 0.25) is 0 Å². The van der Waals surface area contributed by atoms with E-state index in [1.807, 2.05) is 122 Å². The fourth-order valence-corrected chi connectivity index (χ4v) is 14.8. The van der Waals surface area contributed by atoms with E-state index in [2.05, 4.69) is 26.8 Å². The second kappa shape index (κ2) is 35.3. The van der Waals surface area contributed by atoms with Gasteiger partial charge in [0.2, 0.25) is 5.91 Å². The Morgan fingerprint density at radius 1 is 0.606 bits per heavy atom. The molecule has 0 bridgehead atoms. The van der Waals surface area contributed by atoms with Crippen LogP contribution in [0.4, 0.5) is 41.2 Å². The number of carbonyl (C=O) groups excluding carboxylic acids is 4. The molecule has 11 rings (SSSR count). The zero-order chi connectivity index (χ0) is 71.8. The minimum Gasteiger partial charge on any atom is -0.465 e. The summed E-state index contributed by atoms with van der Waals surface area (Å²) < 4.78 is 110. The van der Waals surface area contributed by atoms with E-state index in [0.717, 1.165) is 51.4 Å². The lowest BCUT2D eigenvalue weighted by Crippen LogP contribution is -2.50. The number of benzene rings is 7. The van der Waals surface area contributed by atoms with Gasteiger partial charge in [0.25, 0.3) is 17.7 Å². The number of carbonyl (C=O) groups is 5. The summed E-state index contributed by atoms with van der Waals surface area (Å²) >= 11 is 0. The number of amides is 5. The highest BCUT2D eigenvalue weighted by atomic mass is 35.5. The molecule has 3 heterocycles. The van der Waals surface area contributed by atoms with E-state index in [1.165, 1.54) is 29.2 Å². The molecule has 3 aliphatic heterocycles. The van der Waals surface area contributed by atoms with Crippen LogP contribution >= 0.6 is 37.2 Å². The maximum atomic E-state index is 14.3. The highest BCUT2D eigenvalue weighted by Gasteiger charge is 2.50. The number of anilines is 1. The average molecular weight is 1500 g/mol. The highest BCUT2D eigenvalue weighted by molar-refractivity contribution is 5.96. The minimum atomic E-state index is -5.15. The predicted molar refractivity (Wildman–Crippen MR) is 391 cm³/mol. The molecule has 16 nitrogen and oxygen atoms in total. The molecule has 1 aliphatic carbocycles. The third kappa shape index (κ3) is 19.3. The molecule has 3 saturated heterocycles. The summed E-state index contributed by atoms with van der Waals surface area (Å²) in [6, 6.07) is 46.8. The van der Waals surface area contributed by atoms with Gasteiger partial charge in [0.1, 0.15) is 24.8 Å². The fourth-order valence-electron chi connectivity index (χ4n) is 14.8. The normalized spacial score (nSPS) is 17.5. The molecule has 104 heavy (non-hydrogen) atoms. The molecule has 0 radical (unpaired) electrons. The van der Waals surface area contributed by atoms with Gasteiger partial charge in [-0.15, -0.1) is 37.2 Å². The second-order valence-corrected chi connectivity index (χ2v) is 27.3. The number of para-hydroxylation sites is 1. The van der Waals surface area contributed by atoms with Gasteiger partial charge in [-0.25, -0.2) is 9.18 Å². The van der Waals surface area contributed by atoms with Crippen LogP contribution in [0.1, 0.15) is 109 Å². The van der Waals surface area contributed by atoms with Gasteiger partial charge in [0.05, 0.1) is 29.5 Å². The number of ether oxygens (including phenoxy) is 2. The molecule has 558 valence electrons. The van der Waals surface area contributed by atoms with Crippen LogP contribution in [-0.2, 0) is 57.1 Å². The molecule has 7 aromatic carbocycles. The van der Waals surface area contributed by atoms with Crippen molar-refractivity contribution in [3.63, 3.8) is 0 Å². The number of rotatable bonds is 24. The molecule has 7 aromatic rings. The van der Waals surface area contributed by atoms with E-state index >= 15 is 0 Å². The van der Waals surface area contributed by atoms with Crippen LogP contribution in [0.25, 0.3) is 11.1 Å². The van der Waals surface area contributed by atoms with Crippen molar-refractivity contribution in [2.45, 2.75) is 93.5 Å². The summed E-state index contributed by atoms with van der Waals surface area (Å²) in [5.74, 6) is -2.02. The van der Waals surface area contributed by atoms with Gasteiger partial charge < -0.3 is 44.0 Å². The van der Waals surface area contributed by atoms with Crippen LogP contribution in [-0.4, -0.2) is 188 Å². The number of likely N-dealkylation sites (N-methyl/N-ethyl adjacent to an activating group) is 2.